The van der Waals surface area contributed by atoms with Gasteiger partial charge in [-0.15, -0.1) is 5.10 Å². The lowest BCUT2D eigenvalue weighted by molar-refractivity contribution is 0.388. The molecule has 0 fully saturated rings. The Labute approximate surface area is 209 Å². The molecule has 0 spiro atoms. The summed E-state index contributed by atoms with van der Waals surface area (Å²) in [6.45, 7) is 5.50. The van der Waals surface area contributed by atoms with Gasteiger partial charge < -0.3 is 19.3 Å². The average molecular weight is 510 g/mol. The highest BCUT2D eigenvalue weighted by atomic mass is 32.2. The number of methoxy groups -OCH3 is 2. The standard InChI is InChI=1S/C25H27N5O5S/c1-15-10-19(12-18-13-22(33-4)17(3)23(14-18)34-5)25(28-27-15)26-20-6-8-21(9-7-20)36(31,32)30-24-11-16(2)35-29-24/h6-11,13-14H,12H2,1-5H3,(H,26,28)(H,29,30). The van der Waals surface area contributed by atoms with Crippen LogP contribution in [-0.4, -0.2) is 38.0 Å². The van der Waals surface area contributed by atoms with Crippen LogP contribution in [0.1, 0.15) is 28.1 Å². The molecule has 11 heteroatoms. The minimum absolute atomic E-state index is 0.0859. The molecule has 10 nitrogen and oxygen atoms in total. The second-order valence-electron chi connectivity index (χ2n) is 8.24. The molecule has 2 N–H and O–H groups in total. The van der Waals surface area contributed by atoms with Gasteiger partial charge in [-0.2, -0.15) is 5.10 Å². The fourth-order valence-electron chi connectivity index (χ4n) is 3.71. The molecule has 0 bridgehead atoms. The molecule has 0 aliphatic carbocycles. The number of rotatable bonds is 9. The van der Waals surface area contributed by atoms with E-state index in [2.05, 4.69) is 25.4 Å². The van der Waals surface area contributed by atoms with Gasteiger partial charge in [-0.1, -0.05) is 5.16 Å². The maximum Gasteiger partial charge on any atom is 0.263 e. The van der Waals surface area contributed by atoms with Crippen LogP contribution in [-0.2, 0) is 16.4 Å². The molecular weight excluding hydrogens is 482 g/mol. The van der Waals surface area contributed by atoms with E-state index in [-0.39, 0.29) is 10.7 Å². The molecule has 36 heavy (non-hydrogen) atoms. The molecule has 4 rings (SSSR count). The van der Waals surface area contributed by atoms with Crippen LogP contribution in [0.5, 0.6) is 11.5 Å². The summed E-state index contributed by atoms with van der Waals surface area (Å²) in [5.74, 6) is 2.67. The summed E-state index contributed by atoms with van der Waals surface area (Å²) < 4.78 is 43.6. The summed E-state index contributed by atoms with van der Waals surface area (Å²) in [6, 6.07) is 13.7. The molecule has 2 aromatic heterocycles. The van der Waals surface area contributed by atoms with Gasteiger partial charge in [-0.3, -0.25) is 4.72 Å². The molecule has 0 unspecified atom stereocenters. The number of benzene rings is 2. The predicted octanol–water partition coefficient (Wildman–Crippen LogP) is 4.54. The molecular formula is C25H27N5O5S. The first-order chi connectivity index (χ1) is 17.2. The van der Waals surface area contributed by atoms with Gasteiger partial charge in [0.15, 0.2) is 11.6 Å². The molecule has 0 radical (unpaired) electrons. The number of hydrogen-bond donors (Lipinski definition) is 2. The SMILES string of the molecule is COc1cc(Cc2cc(C)nnc2Nc2ccc(S(=O)(=O)Nc3cc(C)on3)cc2)cc(OC)c1C. The Balaban J connectivity index is 1.56. The highest BCUT2D eigenvalue weighted by molar-refractivity contribution is 7.92. The maximum absolute atomic E-state index is 12.6. The van der Waals surface area contributed by atoms with Crippen LogP contribution >= 0.6 is 0 Å². The zero-order chi connectivity index (χ0) is 25.9. The predicted molar refractivity (Wildman–Crippen MR) is 136 cm³/mol. The van der Waals surface area contributed by atoms with E-state index in [0.717, 1.165) is 33.9 Å². The van der Waals surface area contributed by atoms with E-state index in [9.17, 15) is 8.42 Å². The first kappa shape index (κ1) is 25.0. The van der Waals surface area contributed by atoms with Crippen molar-refractivity contribution in [1.82, 2.24) is 15.4 Å². The van der Waals surface area contributed by atoms with Gasteiger partial charge in [-0.05, 0) is 68.8 Å². The summed E-state index contributed by atoms with van der Waals surface area (Å²) in [4.78, 5) is 0.0859. The zero-order valence-electron chi connectivity index (χ0n) is 20.6. The zero-order valence-corrected chi connectivity index (χ0v) is 21.4. The highest BCUT2D eigenvalue weighted by Gasteiger charge is 2.17. The Morgan fingerprint density at radius 2 is 1.58 bits per heavy atom. The number of aromatic nitrogens is 3. The van der Waals surface area contributed by atoms with Crippen molar-refractivity contribution in [3.63, 3.8) is 0 Å². The molecule has 0 atom stereocenters. The van der Waals surface area contributed by atoms with E-state index < -0.39 is 10.0 Å². The third-order valence-electron chi connectivity index (χ3n) is 5.50. The van der Waals surface area contributed by atoms with Gasteiger partial charge in [0.2, 0.25) is 0 Å². The molecule has 0 aliphatic heterocycles. The van der Waals surface area contributed by atoms with Gasteiger partial charge in [0.1, 0.15) is 17.3 Å². The number of aryl methyl sites for hydroxylation is 2. The Bertz CT molecular complexity index is 1460. The topological polar surface area (TPSA) is 128 Å². The fourth-order valence-corrected chi connectivity index (χ4v) is 4.69. The first-order valence-electron chi connectivity index (χ1n) is 11.1. The van der Waals surface area contributed by atoms with E-state index in [0.29, 0.717) is 23.7 Å². The molecule has 4 aromatic rings. The van der Waals surface area contributed by atoms with Gasteiger partial charge in [0.25, 0.3) is 10.0 Å². The Kier molecular flexibility index (Phi) is 7.11. The van der Waals surface area contributed by atoms with Crippen molar-refractivity contribution >= 4 is 27.3 Å². The minimum atomic E-state index is -3.81. The van der Waals surface area contributed by atoms with Crippen molar-refractivity contribution in [3.8, 4) is 11.5 Å². The van der Waals surface area contributed by atoms with Crippen LogP contribution in [0, 0.1) is 20.8 Å². The summed E-state index contributed by atoms with van der Waals surface area (Å²) in [6.07, 6.45) is 0.555. The lowest BCUT2D eigenvalue weighted by atomic mass is 10.0. The van der Waals surface area contributed by atoms with E-state index >= 15 is 0 Å². The second-order valence-corrected chi connectivity index (χ2v) is 9.92. The first-order valence-corrected chi connectivity index (χ1v) is 12.5. The van der Waals surface area contributed by atoms with Crippen molar-refractivity contribution in [1.29, 1.82) is 0 Å². The third-order valence-corrected chi connectivity index (χ3v) is 6.87. The Hall–Kier alpha value is -4.12. The quantitative estimate of drug-likeness (QED) is 0.334. The van der Waals surface area contributed by atoms with E-state index in [1.54, 1.807) is 33.3 Å². The maximum atomic E-state index is 12.6. The van der Waals surface area contributed by atoms with Crippen molar-refractivity contribution in [2.24, 2.45) is 0 Å². The lowest BCUT2D eigenvalue weighted by Gasteiger charge is -2.15. The van der Waals surface area contributed by atoms with E-state index in [1.165, 1.54) is 18.2 Å². The number of hydrogen-bond acceptors (Lipinski definition) is 9. The molecule has 0 amide bonds. The summed E-state index contributed by atoms with van der Waals surface area (Å²) in [5, 5.41) is 15.4. The largest absolute Gasteiger partial charge is 0.496 e. The third kappa shape index (κ3) is 5.57. The van der Waals surface area contributed by atoms with E-state index in [4.69, 9.17) is 14.0 Å². The smallest absolute Gasteiger partial charge is 0.263 e. The van der Waals surface area contributed by atoms with Crippen molar-refractivity contribution in [3.05, 3.63) is 76.7 Å². The second kappa shape index (κ2) is 10.2. The van der Waals surface area contributed by atoms with Crippen LogP contribution in [0.25, 0.3) is 0 Å². The molecule has 2 heterocycles. The molecule has 0 aliphatic rings. The molecule has 2 aromatic carbocycles. The molecule has 188 valence electrons. The van der Waals surface area contributed by atoms with Crippen LogP contribution in [0.15, 0.2) is 57.9 Å². The van der Waals surface area contributed by atoms with Crippen LogP contribution in [0.2, 0.25) is 0 Å². The van der Waals surface area contributed by atoms with Crippen LogP contribution in [0.3, 0.4) is 0 Å². The van der Waals surface area contributed by atoms with Gasteiger partial charge >= 0.3 is 0 Å². The normalized spacial score (nSPS) is 11.2. The van der Waals surface area contributed by atoms with Gasteiger partial charge in [-0.25, -0.2) is 8.42 Å². The number of ether oxygens (including phenoxy) is 2. The highest BCUT2D eigenvalue weighted by Crippen LogP contribution is 2.31. The lowest BCUT2D eigenvalue weighted by Crippen LogP contribution is -2.13. The van der Waals surface area contributed by atoms with Gasteiger partial charge in [0.05, 0.1) is 24.8 Å². The van der Waals surface area contributed by atoms with Crippen molar-refractivity contribution < 1.29 is 22.4 Å². The molecule has 0 saturated carbocycles. The Morgan fingerprint density at radius 3 is 2.17 bits per heavy atom. The number of sulfonamides is 1. The number of anilines is 3. The van der Waals surface area contributed by atoms with Crippen LogP contribution in [0.4, 0.5) is 17.3 Å². The van der Waals surface area contributed by atoms with Crippen LogP contribution < -0.4 is 19.5 Å². The fraction of sp³-hybridized carbons (Fsp3) is 0.240. The summed E-state index contributed by atoms with van der Waals surface area (Å²) >= 11 is 0. The summed E-state index contributed by atoms with van der Waals surface area (Å²) in [7, 11) is -0.557. The monoisotopic (exact) mass is 509 g/mol. The van der Waals surface area contributed by atoms with E-state index in [1.807, 2.05) is 32.0 Å². The average Bonchev–Trinajstić information content (AvgIpc) is 3.25. The van der Waals surface area contributed by atoms with Crippen molar-refractivity contribution in [2.45, 2.75) is 32.1 Å². The number of nitrogens with zero attached hydrogens (tertiary/aromatic N) is 3. The van der Waals surface area contributed by atoms with Crippen molar-refractivity contribution in [2.75, 3.05) is 24.3 Å². The summed E-state index contributed by atoms with van der Waals surface area (Å²) in [5.41, 5.74) is 4.26. The molecule has 0 saturated heterocycles. The van der Waals surface area contributed by atoms with Gasteiger partial charge in [0, 0.05) is 29.3 Å². The minimum Gasteiger partial charge on any atom is -0.496 e. The Morgan fingerprint density at radius 1 is 0.917 bits per heavy atom. The number of nitrogens with one attached hydrogen (secondary N) is 2.